The molecule has 11 nitrogen and oxygen atoms in total. The molecule has 232 valence electrons. The molecule has 0 saturated carbocycles. The summed E-state index contributed by atoms with van der Waals surface area (Å²) in [7, 11) is 0. The minimum absolute atomic E-state index is 0.0428. The Balaban J connectivity index is 1.80. The van der Waals surface area contributed by atoms with Gasteiger partial charge in [-0.1, -0.05) is 62.4 Å². The van der Waals surface area contributed by atoms with Crippen LogP contribution in [0.2, 0.25) is 0 Å². The van der Waals surface area contributed by atoms with Crippen LogP contribution in [0.15, 0.2) is 60.8 Å². The van der Waals surface area contributed by atoms with Crippen LogP contribution in [0.4, 0.5) is 0 Å². The predicted molar refractivity (Wildman–Crippen MR) is 166 cm³/mol. The molecular formula is C32H44N6O5. The van der Waals surface area contributed by atoms with E-state index < -0.39 is 47.9 Å². The molecule has 3 rings (SSSR count). The van der Waals surface area contributed by atoms with Gasteiger partial charge < -0.3 is 37.5 Å². The average molecular weight is 593 g/mol. The van der Waals surface area contributed by atoms with Crippen molar-refractivity contribution in [1.82, 2.24) is 20.9 Å². The van der Waals surface area contributed by atoms with Crippen LogP contribution in [0.25, 0.3) is 10.9 Å². The van der Waals surface area contributed by atoms with Crippen molar-refractivity contribution in [2.45, 2.75) is 76.5 Å². The quantitative estimate of drug-likeness (QED) is 0.117. The van der Waals surface area contributed by atoms with E-state index in [9.17, 15) is 24.3 Å². The lowest BCUT2D eigenvalue weighted by Gasteiger charge is -2.26. The van der Waals surface area contributed by atoms with Gasteiger partial charge >= 0.3 is 5.97 Å². The summed E-state index contributed by atoms with van der Waals surface area (Å²) in [4.78, 5) is 55.3. The van der Waals surface area contributed by atoms with Crippen molar-refractivity contribution in [3.63, 3.8) is 0 Å². The van der Waals surface area contributed by atoms with Crippen molar-refractivity contribution >= 4 is 34.6 Å². The molecule has 4 unspecified atom stereocenters. The summed E-state index contributed by atoms with van der Waals surface area (Å²) >= 11 is 0. The third-order valence-electron chi connectivity index (χ3n) is 7.27. The topological polar surface area (TPSA) is 192 Å². The molecule has 43 heavy (non-hydrogen) atoms. The van der Waals surface area contributed by atoms with E-state index in [1.165, 1.54) is 0 Å². The summed E-state index contributed by atoms with van der Waals surface area (Å²) < 4.78 is 0. The molecule has 4 atom stereocenters. The Morgan fingerprint density at radius 2 is 1.44 bits per heavy atom. The van der Waals surface area contributed by atoms with Crippen LogP contribution in [0.1, 0.15) is 50.7 Å². The molecule has 0 saturated heterocycles. The molecule has 1 aromatic heterocycles. The number of benzene rings is 2. The van der Waals surface area contributed by atoms with Crippen molar-refractivity contribution in [1.29, 1.82) is 0 Å². The first-order valence-electron chi connectivity index (χ1n) is 14.8. The van der Waals surface area contributed by atoms with Gasteiger partial charge in [-0.15, -0.1) is 0 Å². The van der Waals surface area contributed by atoms with Crippen molar-refractivity contribution < 1.29 is 24.3 Å². The van der Waals surface area contributed by atoms with Gasteiger partial charge in [0.15, 0.2) is 0 Å². The zero-order chi connectivity index (χ0) is 31.4. The minimum atomic E-state index is -1.17. The molecule has 3 aromatic rings. The lowest BCUT2D eigenvalue weighted by atomic mass is 9.99. The molecule has 3 amide bonds. The summed E-state index contributed by atoms with van der Waals surface area (Å²) in [6.07, 6.45) is 3.84. The first-order chi connectivity index (χ1) is 20.6. The first-order valence-corrected chi connectivity index (χ1v) is 14.8. The molecular weight excluding hydrogens is 548 g/mol. The number of unbranched alkanes of at least 4 members (excludes halogenated alkanes) is 1. The molecule has 0 bridgehead atoms. The second-order valence-electron chi connectivity index (χ2n) is 11.3. The van der Waals surface area contributed by atoms with E-state index in [1.54, 1.807) is 6.20 Å². The van der Waals surface area contributed by atoms with E-state index in [4.69, 9.17) is 11.5 Å². The van der Waals surface area contributed by atoms with Gasteiger partial charge in [0.25, 0.3) is 0 Å². The van der Waals surface area contributed by atoms with Crippen molar-refractivity contribution in [2.24, 2.45) is 17.4 Å². The monoisotopic (exact) mass is 592 g/mol. The summed E-state index contributed by atoms with van der Waals surface area (Å²) in [6, 6.07) is 12.8. The Morgan fingerprint density at radius 1 is 0.814 bits per heavy atom. The van der Waals surface area contributed by atoms with Crippen LogP contribution in [0, 0.1) is 5.92 Å². The van der Waals surface area contributed by atoms with Gasteiger partial charge in [-0.2, -0.15) is 0 Å². The fraction of sp³-hybridized carbons (Fsp3) is 0.438. The number of aromatic amines is 1. The number of carbonyl (C=O) groups is 4. The lowest BCUT2D eigenvalue weighted by Crippen LogP contribution is -2.58. The molecule has 0 aliphatic rings. The van der Waals surface area contributed by atoms with E-state index in [0.29, 0.717) is 32.2 Å². The molecule has 0 aliphatic carbocycles. The number of nitrogens with two attached hydrogens (primary N) is 2. The van der Waals surface area contributed by atoms with E-state index in [1.807, 2.05) is 68.4 Å². The van der Waals surface area contributed by atoms with Crippen LogP contribution in [-0.2, 0) is 32.0 Å². The Morgan fingerprint density at radius 3 is 2.12 bits per heavy atom. The van der Waals surface area contributed by atoms with Crippen LogP contribution in [-0.4, -0.2) is 64.5 Å². The highest BCUT2D eigenvalue weighted by molar-refractivity contribution is 5.95. The van der Waals surface area contributed by atoms with Crippen molar-refractivity contribution in [3.8, 4) is 0 Å². The van der Waals surface area contributed by atoms with Gasteiger partial charge in [-0.25, -0.2) is 4.79 Å². The summed E-state index contributed by atoms with van der Waals surface area (Å²) in [5.41, 5.74) is 14.3. The maximum Gasteiger partial charge on any atom is 0.326 e. The van der Waals surface area contributed by atoms with E-state index in [2.05, 4.69) is 20.9 Å². The van der Waals surface area contributed by atoms with Gasteiger partial charge in [-0.05, 0) is 61.8 Å². The number of carboxylic acid groups (broad SMARTS) is 1. The van der Waals surface area contributed by atoms with Crippen LogP contribution >= 0.6 is 0 Å². The fourth-order valence-electron chi connectivity index (χ4n) is 4.97. The average Bonchev–Trinajstić information content (AvgIpc) is 3.38. The van der Waals surface area contributed by atoms with E-state index in [0.717, 1.165) is 22.0 Å². The lowest BCUT2D eigenvalue weighted by molar-refractivity contribution is -0.142. The number of rotatable bonds is 17. The molecule has 0 spiro atoms. The Labute approximate surface area is 252 Å². The number of nitrogens with one attached hydrogen (secondary N) is 4. The number of hydrogen-bond acceptors (Lipinski definition) is 6. The molecule has 1 heterocycles. The normalized spacial score (nSPS) is 14.1. The molecule has 0 aliphatic heterocycles. The van der Waals surface area contributed by atoms with Crippen molar-refractivity contribution in [3.05, 3.63) is 71.9 Å². The number of hydrogen-bond donors (Lipinski definition) is 7. The van der Waals surface area contributed by atoms with Gasteiger partial charge in [0.1, 0.15) is 18.1 Å². The maximum atomic E-state index is 13.6. The number of aromatic nitrogens is 1. The number of carboxylic acids is 1. The first kappa shape index (κ1) is 33.3. The molecule has 0 fully saturated rings. The second kappa shape index (κ2) is 16.4. The molecule has 2 aromatic carbocycles. The number of H-pyrrole nitrogens is 1. The number of aliphatic carboxylic acids is 1. The zero-order valence-corrected chi connectivity index (χ0v) is 24.8. The van der Waals surface area contributed by atoms with Crippen molar-refractivity contribution in [2.75, 3.05) is 6.54 Å². The minimum Gasteiger partial charge on any atom is -0.480 e. The van der Waals surface area contributed by atoms with Crippen LogP contribution < -0.4 is 27.4 Å². The predicted octanol–water partition coefficient (Wildman–Crippen LogP) is 1.99. The number of amides is 3. The number of para-hydroxylation sites is 1. The van der Waals surface area contributed by atoms with Crippen LogP contribution in [0.5, 0.6) is 0 Å². The summed E-state index contributed by atoms with van der Waals surface area (Å²) in [6.45, 7) is 4.26. The maximum absolute atomic E-state index is 13.6. The van der Waals surface area contributed by atoms with E-state index >= 15 is 0 Å². The van der Waals surface area contributed by atoms with Gasteiger partial charge in [0.05, 0.1) is 6.04 Å². The Kier molecular flexibility index (Phi) is 12.7. The highest BCUT2D eigenvalue weighted by Crippen LogP contribution is 2.20. The molecule has 0 radical (unpaired) electrons. The van der Waals surface area contributed by atoms with Gasteiger partial charge in [0, 0.05) is 23.5 Å². The van der Waals surface area contributed by atoms with E-state index in [-0.39, 0.29) is 18.8 Å². The third kappa shape index (κ3) is 10.2. The highest BCUT2D eigenvalue weighted by atomic mass is 16.4. The standard InChI is InChI=1S/C32H44N6O5/c1-20(2)16-27(37-29(39)24(34)17-21-10-4-3-5-11-21)30(40)38-28(18-22-19-35-25-13-7-6-12-23(22)25)31(41)36-26(32(42)43)14-8-9-15-33/h3-7,10-13,19-20,24,26-28,35H,8-9,14-18,33-34H2,1-2H3,(H,36,41)(H,37,39)(H,38,40)(H,42,43). The number of fused-ring (bicyclic) bond motifs is 1. The van der Waals surface area contributed by atoms with Gasteiger partial charge in [-0.3, -0.25) is 14.4 Å². The third-order valence-corrected chi connectivity index (χ3v) is 7.27. The molecule has 9 N–H and O–H groups in total. The smallest absolute Gasteiger partial charge is 0.326 e. The zero-order valence-electron chi connectivity index (χ0n) is 24.8. The summed E-state index contributed by atoms with van der Waals surface area (Å²) in [5.74, 6) is -2.78. The Bertz CT molecular complexity index is 1360. The summed E-state index contributed by atoms with van der Waals surface area (Å²) in [5, 5.41) is 18.8. The Hall–Kier alpha value is -4.22. The second-order valence-corrected chi connectivity index (χ2v) is 11.3. The number of carbonyl (C=O) groups excluding carboxylic acids is 3. The van der Waals surface area contributed by atoms with Gasteiger partial charge in [0.2, 0.25) is 17.7 Å². The largest absolute Gasteiger partial charge is 0.480 e. The SMILES string of the molecule is CC(C)CC(NC(=O)C(N)Cc1ccccc1)C(=O)NC(Cc1c[nH]c2ccccc12)C(=O)NC(CCCCN)C(=O)O. The van der Waals surface area contributed by atoms with Crippen LogP contribution in [0.3, 0.4) is 0 Å². The fourth-order valence-corrected chi connectivity index (χ4v) is 4.97. The highest BCUT2D eigenvalue weighted by Gasteiger charge is 2.31. The molecule has 11 heteroatoms.